The van der Waals surface area contributed by atoms with E-state index in [-0.39, 0.29) is 11.0 Å². The van der Waals surface area contributed by atoms with Gasteiger partial charge in [0, 0.05) is 17.3 Å². The maximum atomic E-state index is 12.4. The molecular weight excluding hydrogens is 348 g/mol. The zero-order valence-corrected chi connectivity index (χ0v) is 14.6. The van der Waals surface area contributed by atoms with Crippen LogP contribution in [0.2, 0.25) is 0 Å². The van der Waals surface area contributed by atoms with E-state index in [2.05, 4.69) is 10.6 Å². The zero-order valence-electron chi connectivity index (χ0n) is 13.8. The number of anilines is 1. The van der Waals surface area contributed by atoms with Gasteiger partial charge in [-0.05, 0) is 47.3 Å². The molecule has 6 heteroatoms. The first kappa shape index (κ1) is 16.4. The number of carbonyl (C=O) groups excluding carboxylic acids is 1. The van der Waals surface area contributed by atoms with Gasteiger partial charge in [-0.2, -0.15) is 0 Å². The van der Waals surface area contributed by atoms with Crippen molar-refractivity contribution < 1.29 is 14.3 Å². The lowest BCUT2D eigenvalue weighted by molar-refractivity contribution is 0.0978. The fourth-order valence-electron chi connectivity index (χ4n) is 2.79. The summed E-state index contributed by atoms with van der Waals surface area (Å²) in [6.45, 7) is 1.06. The summed E-state index contributed by atoms with van der Waals surface area (Å²) in [6, 6.07) is 18.9. The molecule has 3 aromatic carbocycles. The summed E-state index contributed by atoms with van der Waals surface area (Å²) >= 11 is 5.25. The van der Waals surface area contributed by atoms with E-state index in [1.54, 1.807) is 12.1 Å². The van der Waals surface area contributed by atoms with E-state index in [0.717, 1.165) is 16.5 Å². The second kappa shape index (κ2) is 7.01. The van der Waals surface area contributed by atoms with Crippen molar-refractivity contribution in [2.24, 2.45) is 0 Å². The van der Waals surface area contributed by atoms with Crippen molar-refractivity contribution in [2.45, 2.75) is 0 Å². The van der Waals surface area contributed by atoms with Crippen LogP contribution in [0.25, 0.3) is 10.8 Å². The molecule has 1 amide bonds. The molecule has 26 heavy (non-hydrogen) atoms. The molecule has 0 spiro atoms. The normalized spacial score (nSPS) is 12.5. The van der Waals surface area contributed by atoms with Crippen molar-refractivity contribution in [3.8, 4) is 11.5 Å². The van der Waals surface area contributed by atoms with Crippen LogP contribution in [-0.4, -0.2) is 24.2 Å². The molecule has 1 aliphatic rings. The summed E-state index contributed by atoms with van der Waals surface area (Å²) in [6.07, 6.45) is 0. The van der Waals surface area contributed by atoms with Gasteiger partial charge in [0.25, 0.3) is 5.91 Å². The monoisotopic (exact) mass is 364 g/mol. The lowest BCUT2D eigenvalue weighted by atomic mass is 10.1. The number of hydrogen-bond donors (Lipinski definition) is 2. The van der Waals surface area contributed by atoms with Gasteiger partial charge < -0.3 is 14.8 Å². The minimum atomic E-state index is -0.259. The average Bonchev–Trinajstić information content (AvgIpc) is 2.67. The SMILES string of the molecule is O=C(NC(=S)Nc1ccc2c(c1)OCCO2)c1ccc2ccccc2c1. The lowest BCUT2D eigenvalue weighted by Crippen LogP contribution is -2.34. The van der Waals surface area contributed by atoms with E-state index >= 15 is 0 Å². The number of carbonyl (C=O) groups is 1. The van der Waals surface area contributed by atoms with Crippen molar-refractivity contribution in [1.29, 1.82) is 0 Å². The topological polar surface area (TPSA) is 59.6 Å². The van der Waals surface area contributed by atoms with Crippen molar-refractivity contribution in [1.82, 2.24) is 5.32 Å². The Kier molecular flexibility index (Phi) is 4.41. The van der Waals surface area contributed by atoms with Gasteiger partial charge in [-0.15, -0.1) is 0 Å². The molecule has 0 fully saturated rings. The van der Waals surface area contributed by atoms with Crippen molar-refractivity contribution in [2.75, 3.05) is 18.5 Å². The Balaban J connectivity index is 1.44. The predicted molar refractivity (Wildman–Crippen MR) is 105 cm³/mol. The smallest absolute Gasteiger partial charge is 0.257 e. The van der Waals surface area contributed by atoms with Crippen molar-refractivity contribution >= 4 is 39.7 Å². The van der Waals surface area contributed by atoms with E-state index in [9.17, 15) is 4.79 Å². The zero-order chi connectivity index (χ0) is 17.9. The van der Waals surface area contributed by atoms with E-state index in [0.29, 0.717) is 30.3 Å². The minimum absolute atomic E-state index is 0.222. The van der Waals surface area contributed by atoms with Gasteiger partial charge in [0.2, 0.25) is 0 Å². The highest BCUT2D eigenvalue weighted by Crippen LogP contribution is 2.32. The van der Waals surface area contributed by atoms with Gasteiger partial charge in [-0.1, -0.05) is 30.3 Å². The third-order valence-corrected chi connectivity index (χ3v) is 4.24. The number of benzene rings is 3. The van der Waals surface area contributed by atoms with E-state index < -0.39 is 0 Å². The number of fused-ring (bicyclic) bond motifs is 2. The third kappa shape index (κ3) is 3.45. The molecule has 1 heterocycles. The molecule has 1 aliphatic heterocycles. The number of rotatable bonds is 2. The Hall–Kier alpha value is -3.12. The number of ether oxygens (including phenoxy) is 2. The van der Waals surface area contributed by atoms with E-state index in [4.69, 9.17) is 21.7 Å². The van der Waals surface area contributed by atoms with Crippen LogP contribution < -0.4 is 20.1 Å². The molecule has 0 bridgehead atoms. The Labute approximate surface area is 155 Å². The Bertz CT molecular complexity index is 1000. The van der Waals surface area contributed by atoms with Crippen LogP contribution in [0.1, 0.15) is 10.4 Å². The third-order valence-electron chi connectivity index (χ3n) is 4.04. The molecule has 0 aliphatic carbocycles. The largest absolute Gasteiger partial charge is 0.486 e. The number of hydrogen-bond acceptors (Lipinski definition) is 4. The number of nitrogens with one attached hydrogen (secondary N) is 2. The van der Waals surface area contributed by atoms with Gasteiger partial charge in [0.05, 0.1) is 0 Å². The number of thiocarbonyl (C=S) groups is 1. The first-order valence-electron chi connectivity index (χ1n) is 8.20. The number of amides is 1. The highest BCUT2D eigenvalue weighted by atomic mass is 32.1. The summed E-state index contributed by atoms with van der Waals surface area (Å²) < 4.78 is 11.0. The van der Waals surface area contributed by atoms with Gasteiger partial charge in [-0.3, -0.25) is 10.1 Å². The molecule has 3 aromatic rings. The molecular formula is C20H16N2O3S. The second-order valence-corrected chi connectivity index (χ2v) is 6.24. The first-order chi connectivity index (χ1) is 12.7. The molecule has 0 radical (unpaired) electrons. The second-order valence-electron chi connectivity index (χ2n) is 5.83. The molecule has 130 valence electrons. The Morgan fingerprint density at radius 2 is 1.65 bits per heavy atom. The molecule has 0 saturated heterocycles. The van der Waals surface area contributed by atoms with Gasteiger partial charge in [0.15, 0.2) is 16.6 Å². The van der Waals surface area contributed by atoms with Gasteiger partial charge >= 0.3 is 0 Å². The lowest BCUT2D eigenvalue weighted by Gasteiger charge is -2.19. The molecule has 2 N–H and O–H groups in total. The molecule has 5 nitrogen and oxygen atoms in total. The minimum Gasteiger partial charge on any atom is -0.486 e. The van der Waals surface area contributed by atoms with Crippen LogP contribution in [0.15, 0.2) is 60.7 Å². The fraction of sp³-hybridized carbons (Fsp3) is 0.100. The van der Waals surface area contributed by atoms with Crippen molar-refractivity contribution in [3.05, 3.63) is 66.2 Å². The summed E-state index contributed by atoms with van der Waals surface area (Å²) in [4.78, 5) is 12.4. The predicted octanol–water partition coefficient (Wildman–Crippen LogP) is 3.74. The van der Waals surface area contributed by atoms with E-state index in [1.807, 2.05) is 48.5 Å². The van der Waals surface area contributed by atoms with Gasteiger partial charge in [-0.25, -0.2) is 0 Å². The summed E-state index contributed by atoms with van der Waals surface area (Å²) in [5.41, 5.74) is 1.27. The maximum absolute atomic E-state index is 12.4. The van der Waals surface area contributed by atoms with Crippen LogP contribution in [0.5, 0.6) is 11.5 Å². The molecule has 0 saturated carbocycles. The fourth-order valence-corrected chi connectivity index (χ4v) is 3.00. The summed E-state index contributed by atoms with van der Waals surface area (Å²) in [5, 5.41) is 8.00. The Morgan fingerprint density at radius 3 is 2.50 bits per heavy atom. The van der Waals surface area contributed by atoms with Crippen LogP contribution >= 0.6 is 12.2 Å². The van der Waals surface area contributed by atoms with Crippen LogP contribution in [0.3, 0.4) is 0 Å². The van der Waals surface area contributed by atoms with Crippen molar-refractivity contribution in [3.63, 3.8) is 0 Å². The van der Waals surface area contributed by atoms with Gasteiger partial charge in [0.1, 0.15) is 13.2 Å². The van der Waals surface area contributed by atoms with Crippen LogP contribution in [-0.2, 0) is 0 Å². The van der Waals surface area contributed by atoms with E-state index in [1.165, 1.54) is 0 Å². The van der Waals surface area contributed by atoms with Crippen LogP contribution in [0, 0.1) is 0 Å². The highest BCUT2D eigenvalue weighted by molar-refractivity contribution is 7.80. The first-order valence-corrected chi connectivity index (χ1v) is 8.61. The molecule has 0 aromatic heterocycles. The maximum Gasteiger partial charge on any atom is 0.257 e. The summed E-state index contributed by atoms with van der Waals surface area (Å²) in [5.74, 6) is 1.10. The molecule has 0 atom stereocenters. The highest BCUT2D eigenvalue weighted by Gasteiger charge is 2.13. The Morgan fingerprint density at radius 1 is 0.885 bits per heavy atom. The average molecular weight is 364 g/mol. The van der Waals surface area contributed by atoms with Crippen LogP contribution in [0.4, 0.5) is 5.69 Å². The quantitative estimate of drug-likeness (QED) is 0.679. The summed E-state index contributed by atoms with van der Waals surface area (Å²) in [7, 11) is 0. The standard InChI is InChI=1S/C20H16N2O3S/c23-19(15-6-5-13-3-1-2-4-14(13)11-15)22-20(26)21-16-7-8-17-18(12-16)25-10-9-24-17/h1-8,11-12H,9-10H2,(H2,21,22,23,26). The molecule has 0 unspecified atom stereocenters. The molecule has 4 rings (SSSR count).